The Morgan fingerprint density at radius 1 is 1.19 bits per heavy atom. The number of benzene rings is 1. The Labute approximate surface area is 131 Å². The molecular weight excluding hydrogens is 284 g/mol. The van der Waals surface area contributed by atoms with Crippen molar-refractivity contribution in [3.8, 4) is 0 Å². The van der Waals surface area contributed by atoms with Crippen LogP contribution >= 0.6 is 11.6 Å². The number of rotatable bonds is 4. The van der Waals surface area contributed by atoms with E-state index in [-0.39, 0.29) is 17.9 Å². The molecule has 1 aromatic carbocycles. The first-order chi connectivity index (χ1) is 10.2. The number of carbonyl (C=O) groups excluding carboxylic acids is 1. The van der Waals surface area contributed by atoms with Crippen molar-refractivity contribution in [2.75, 3.05) is 13.1 Å². The second-order valence-corrected chi connectivity index (χ2v) is 6.71. The highest BCUT2D eigenvalue weighted by Crippen LogP contribution is 2.38. The average Bonchev–Trinajstić information content (AvgIpc) is 2.46. The Kier molecular flexibility index (Phi) is 4.81. The quantitative estimate of drug-likeness (QED) is 0.896. The lowest BCUT2D eigenvalue weighted by molar-refractivity contribution is -0.126. The minimum absolute atomic E-state index is 0.119. The Bertz CT molecular complexity index is 478. The van der Waals surface area contributed by atoms with Crippen molar-refractivity contribution in [2.24, 2.45) is 11.8 Å². The van der Waals surface area contributed by atoms with E-state index in [1.807, 2.05) is 24.3 Å². The standard InChI is InChI=1S/C17H23ClN2O/c18-15-8-6-13(7-9-15)16(12-3-1-4-12)20-17(21)14-5-2-10-19-11-14/h6-9,12,14,16,19H,1-5,10-11H2,(H,20,21). The van der Waals surface area contributed by atoms with Gasteiger partial charge in [0.2, 0.25) is 5.91 Å². The molecule has 2 unspecified atom stereocenters. The fraction of sp³-hybridized carbons (Fsp3) is 0.588. The van der Waals surface area contributed by atoms with Gasteiger partial charge < -0.3 is 10.6 Å². The number of amides is 1. The van der Waals surface area contributed by atoms with Gasteiger partial charge in [0.25, 0.3) is 0 Å². The number of halogens is 1. The predicted molar refractivity (Wildman–Crippen MR) is 85.3 cm³/mol. The Balaban J connectivity index is 1.70. The third kappa shape index (κ3) is 3.58. The van der Waals surface area contributed by atoms with Crippen LogP contribution in [0.3, 0.4) is 0 Å². The second kappa shape index (κ2) is 6.80. The molecule has 0 radical (unpaired) electrons. The van der Waals surface area contributed by atoms with Crippen molar-refractivity contribution < 1.29 is 4.79 Å². The summed E-state index contributed by atoms with van der Waals surface area (Å²) < 4.78 is 0. The molecule has 4 heteroatoms. The van der Waals surface area contributed by atoms with Crippen molar-refractivity contribution in [1.29, 1.82) is 0 Å². The van der Waals surface area contributed by atoms with Gasteiger partial charge in [0.05, 0.1) is 12.0 Å². The zero-order valence-corrected chi connectivity index (χ0v) is 13.0. The summed E-state index contributed by atoms with van der Waals surface area (Å²) in [7, 11) is 0. The smallest absolute Gasteiger partial charge is 0.224 e. The van der Waals surface area contributed by atoms with Crippen molar-refractivity contribution in [3.05, 3.63) is 34.9 Å². The van der Waals surface area contributed by atoms with Crippen molar-refractivity contribution in [3.63, 3.8) is 0 Å². The van der Waals surface area contributed by atoms with Gasteiger partial charge in [-0.3, -0.25) is 4.79 Å². The average molecular weight is 307 g/mol. The van der Waals surface area contributed by atoms with Gasteiger partial charge in [-0.25, -0.2) is 0 Å². The topological polar surface area (TPSA) is 41.1 Å². The fourth-order valence-corrected chi connectivity index (χ4v) is 3.39. The molecule has 1 heterocycles. The van der Waals surface area contributed by atoms with Crippen molar-refractivity contribution in [2.45, 2.75) is 38.1 Å². The molecule has 1 amide bonds. The molecular formula is C17H23ClN2O. The third-order valence-electron chi connectivity index (χ3n) is 4.82. The zero-order chi connectivity index (χ0) is 14.7. The molecule has 2 fully saturated rings. The maximum absolute atomic E-state index is 12.5. The first-order valence-electron chi connectivity index (χ1n) is 8.00. The normalized spacial score (nSPS) is 24.1. The van der Waals surface area contributed by atoms with Crippen LogP contribution in [0.1, 0.15) is 43.7 Å². The monoisotopic (exact) mass is 306 g/mol. The summed E-state index contributed by atoms with van der Waals surface area (Å²) in [5.74, 6) is 0.898. The molecule has 114 valence electrons. The van der Waals surface area contributed by atoms with Gasteiger partial charge >= 0.3 is 0 Å². The van der Waals surface area contributed by atoms with Crippen LogP contribution in [0.25, 0.3) is 0 Å². The van der Waals surface area contributed by atoms with Crippen LogP contribution in [-0.2, 0) is 4.79 Å². The molecule has 1 saturated carbocycles. The number of hydrogen-bond acceptors (Lipinski definition) is 2. The molecule has 0 bridgehead atoms. The first-order valence-corrected chi connectivity index (χ1v) is 8.38. The van der Waals surface area contributed by atoms with E-state index >= 15 is 0 Å². The summed E-state index contributed by atoms with van der Waals surface area (Å²) in [6.07, 6.45) is 5.77. The SMILES string of the molecule is O=C(NC(c1ccc(Cl)cc1)C1CCC1)C1CCCNC1. The van der Waals surface area contributed by atoms with Gasteiger partial charge in [-0.15, -0.1) is 0 Å². The maximum Gasteiger partial charge on any atom is 0.224 e. The van der Waals surface area contributed by atoms with Crippen LogP contribution in [0, 0.1) is 11.8 Å². The van der Waals surface area contributed by atoms with Crippen LogP contribution in [0.2, 0.25) is 5.02 Å². The minimum Gasteiger partial charge on any atom is -0.349 e. The first kappa shape index (κ1) is 14.9. The van der Waals surface area contributed by atoms with E-state index in [0.29, 0.717) is 5.92 Å². The van der Waals surface area contributed by atoms with Crippen molar-refractivity contribution >= 4 is 17.5 Å². The lowest BCUT2D eigenvalue weighted by Gasteiger charge is -2.36. The maximum atomic E-state index is 12.5. The number of nitrogens with one attached hydrogen (secondary N) is 2. The Morgan fingerprint density at radius 2 is 1.95 bits per heavy atom. The highest BCUT2D eigenvalue weighted by Gasteiger charge is 2.31. The van der Waals surface area contributed by atoms with Gasteiger partial charge in [-0.05, 0) is 55.8 Å². The van der Waals surface area contributed by atoms with Crippen LogP contribution in [-0.4, -0.2) is 19.0 Å². The Morgan fingerprint density at radius 3 is 2.52 bits per heavy atom. The summed E-state index contributed by atoms with van der Waals surface area (Å²) in [6, 6.07) is 8.06. The van der Waals surface area contributed by atoms with Crippen molar-refractivity contribution in [1.82, 2.24) is 10.6 Å². The summed E-state index contributed by atoms with van der Waals surface area (Å²) in [4.78, 5) is 12.5. The highest BCUT2D eigenvalue weighted by molar-refractivity contribution is 6.30. The molecule has 1 aliphatic carbocycles. The summed E-state index contributed by atoms with van der Waals surface area (Å²) >= 11 is 5.98. The van der Waals surface area contributed by atoms with E-state index in [4.69, 9.17) is 11.6 Å². The molecule has 1 aromatic rings. The zero-order valence-electron chi connectivity index (χ0n) is 12.3. The van der Waals surface area contributed by atoms with Gasteiger partial charge in [0.1, 0.15) is 0 Å². The third-order valence-corrected chi connectivity index (χ3v) is 5.07. The van der Waals surface area contributed by atoms with E-state index in [2.05, 4.69) is 10.6 Å². The van der Waals surface area contributed by atoms with Gasteiger partial charge in [-0.2, -0.15) is 0 Å². The summed E-state index contributed by atoms with van der Waals surface area (Å²) in [5.41, 5.74) is 1.18. The molecule has 21 heavy (non-hydrogen) atoms. The fourth-order valence-electron chi connectivity index (χ4n) is 3.26. The van der Waals surface area contributed by atoms with E-state index in [1.165, 1.54) is 24.8 Å². The number of hydrogen-bond donors (Lipinski definition) is 2. The largest absolute Gasteiger partial charge is 0.349 e. The molecule has 0 spiro atoms. The lowest BCUT2D eigenvalue weighted by atomic mass is 9.77. The minimum atomic E-state index is 0.119. The van der Waals surface area contributed by atoms with Crippen LogP contribution in [0.15, 0.2) is 24.3 Å². The van der Waals surface area contributed by atoms with Crippen LogP contribution in [0.4, 0.5) is 0 Å². The highest BCUT2D eigenvalue weighted by atomic mass is 35.5. The van der Waals surface area contributed by atoms with Crippen LogP contribution in [0.5, 0.6) is 0 Å². The molecule has 3 rings (SSSR count). The summed E-state index contributed by atoms with van der Waals surface area (Å²) in [6.45, 7) is 1.84. The molecule has 1 aliphatic heterocycles. The summed E-state index contributed by atoms with van der Waals surface area (Å²) in [5, 5.41) is 7.36. The van der Waals surface area contributed by atoms with Gasteiger partial charge in [-0.1, -0.05) is 30.2 Å². The second-order valence-electron chi connectivity index (χ2n) is 6.27. The molecule has 2 N–H and O–H groups in total. The molecule has 0 aromatic heterocycles. The predicted octanol–water partition coefficient (Wildman–Crippen LogP) is 3.30. The van der Waals surface area contributed by atoms with E-state index < -0.39 is 0 Å². The molecule has 1 saturated heterocycles. The van der Waals surface area contributed by atoms with Gasteiger partial charge in [0, 0.05) is 11.6 Å². The number of piperidine rings is 1. The molecule has 2 atom stereocenters. The lowest BCUT2D eigenvalue weighted by Crippen LogP contribution is -2.44. The Hall–Kier alpha value is -1.06. The van der Waals surface area contributed by atoms with E-state index in [0.717, 1.165) is 31.0 Å². The van der Waals surface area contributed by atoms with E-state index in [1.54, 1.807) is 0 Å². The number of carbonyl (C=O) groups is 1. The van der Waals surface area contributed by atoms with Gasteiger partial charge in [0.15, 0.2) is 0 Å². The molecule has 2 aliphatic rings. The van der Waals surface area contributed by atoms with Crippen LogP contribution < -0.4 is 10.6 Å². The van der Waals surface area contributed by atoms with E-state index in [9.17, 15) is 4.79 Å². The molecule has 3 nitrogen and oxygen atoms in total.